The number of rotatable bonds is 7. The quantitative estimate of drug-likeness (QED) is 0.377. The molecule has 0 saturated carbocycles. The molecule has 11 nitrogen and oxygen atoms in total. The molecule has 1 N–H and O–H groups in total. The van der Waals surface area contributed by atoms with Gasteiger partial charge in [-0.3, -0.25) is 0 Å². The molecular formula is C22H19F2N9O2. The first kappa shape index (κ1) is 22.3. The highest BCUT2D eigenvalue weighted by atomic mass is 19.1. The van der Waals surface area contributed by atoms with E-state index in [1.54, 1.807) is 41.3 Å². The zero-order valence-corrected chi connectivity index (χ0v) is 18.3. The smallest absolute Gasteiger partial charge is 0.350 e. The number of halogens is 2. The second-order valence-corrected chi connectivity index (χ2v) is 7.91. The van der Waals surface area contributed by atoms with Gasteiger partial charge in [0.1, 0.15) is 36.2 Å². The van der Waals surface area contributed by atoms with Crippen LogP contribution in [0.4, 0.5) is 8.78 Å². The molecule has 3 aromatic heterocycles. The fourth-order valence-electron chi connectivity index (χ4n) is 3.92. The lowest BCUT2D eigenvalue weighted by Crippen LogP contribution is -2.44. The monoisotopic (exact) mass is 479 g/mol. The topological polar surface area (TPSA) is 121 Å². The average Bonchev–Trinajstić information content (AvgIpc) is 3.61. The van der Waals surface area contributed by atoms with Gasteiger partial charge in [-0.1, -0.05) is 11.3 Å². The molecule has 5 aromatic rings. The second kappa shape index (κ2) is 8.68. The number of aromatic nitrogens is 9. The van der Waals surface area contributed by atoms with Gasteiger partial charge in [-0.05, 0) is 37.3 Å². The van der Waals surface area contributed by atoms with Crippen LogP contribution in [0.15, 0.2) is 78.6 Å². The maximum absolute atomic E-state index is 14.8. The van der Waals surface area contributed by atoms with E-state index in [1.165, 1.54) is 35.2 Å². The van der Waals surface area contributed by atoms with Crippen LogP contribution in [0.5, 0.6) is 0 Å². The zero-order valence-electron chi connectivity index (χ0n) is 18.3. The van der Waals surface area contributed by atoms with E-state index in [-0.39, 0.29) is 12.1 Å². The summed E-state index contributed by atoms with van der Waals surface area (Å²) in [4.78, 5) is 17.1. The van der Waals surface area contributed by atoms with E-state index >= 15 is 0 Å². The van der Waals surface area contributed by atoms with E-state index in [9.17, 15) is 18.7 Å². The summed E-state index contributed by atoms with van der Waals surface area (Å²) in [6.07, 6.45) is 7.15. The third-order valence-electron chi connectivity index (χ3n) is 5.83. The van der Waals surface area contributed by atoms with Crippen LogP contribution in [-0.2, 0) is 12.1 Å². The summed E-state index contributed by atoms with van der Waals surface area (Å²) < 4.78 is 33.6. The first-order chi connectivity index (χ1) is 16.9. The van der Waals surface area contributed by atoms with Gasteiger partial charge < -0.3 is 5.11 Å². The van der Waals surface area contributed by atoms with Crippen molar-refractivity contribution in [1.82, 2.24) is 44.1 Å². The Hall–Kier alpha value is -4.52. The first-order valence-corrected chi connectivity index (χ1v) is 10.5. The summed E-state index contributed by atoms with van der Waals surface area (Å²) in [6.45, 7) is 1.26. The normalized spacial score (nSPS) is 14.1. The van der Waals surface area contributed by atoms with Gasteiger partial charge in [0, 0.05) is 11.6 Å². The van der Waals surface area contributed by atoms with Crippen molar-refractivity contribution in [2.75, 3.05) is 0 Å². The van der Waals surface area contributed by atoms with Gasteiger partial charge in [0.2, 0.25) is 0 Å². The van der Waals surface area contributed by atoms with Gasteiger partial charge in [0.15, 0.2) is 0 Å². The number of hydrogen-bond acceptors (Lipinski definition) is 7. The third kappa shape index (κ3) is 4.01. The number of nitrogens with zero attached hydrogens (tertiary/aromatic N) is 9. The van der Waals surface area contributed by atoms with Crippen LogP contribution in [0.25, 0.3) is 11.4 Å². The number of hydrogen-bond donors (Lipinski definition) is 1. The standard InChI is InChI=1S/C22H19F2N9O2/c1-15(22(35,11-30-13-25-12-27-30)19-7-2-16(23)10-20(19)24)33-21(34)31(14-28-33)17-3-5-18(6-4-17)32-9-8-26-29-32/h2-10,12-15,35H,11H2,1H3/t15-,22-/m1/s1. The summed E-state index contributed by atoms with van der Waals surface area (Å²) in [5, 5.41) is 27.6. The molecule has 13 heteroatoms. The Balaban J connectivity index is 1.53. The summed E-state index contributed by atoms with van der Waals surface area (Å²) in [6, 6.07) is 8.70. The lowest BCUT2D eigenvalue weighted by atomic mass is 9.86. The van der Waals surface area contributed by atoms with E-state index in [0.29, 0.717) is 11.8 Å². The molecule has 0 aliphatic rings. The molecule has 0 spiro atoms. The van der Waals surface area contributed by atoms with Gasteiger partial charge in [-0.15, -0.1) is 5.10 Å². The van der Waals surface area contributed by atoms with Crippen LogP contribution in [0.3, 0.4) is 0 Å². The van der Waals surface area contributed by atoms with Crippen molar-refractivity contribution in [2.24, 2.45) is 0 Å². The largest absolute Gasteiger partial charge is 0.381 e. The summed E-state index contributed by atoms with van der Waals surface area (Å²) >= 11 is 0. The molecule has 0 amide bonds. The summed E-state index contributed by atoms with van der Waals surface area (Å²) in [5.41, 5.74) is -1.53. The minimum Gasteiger partial charge on any atom is -0.381 e. The molecule has 0 aliphatic carbocycles. The molecule has 0 fully saturated rings. The van der Waals surface area contributed by atoms with E-state index < -0.39 is 29.0 Å². The SMILES string of the molecule is C[C@@H](n1ncn(-c2ccc(-n3ccnn3)cc2)c1=O)[C@](O)(Cn1cncn1)c1ccc(F)cc1F. The highest BCUT2D eigenvalue weighted by Gasteiger charge is 2.41. The second-order valence-electron chi connectivity index (χ2n) is 7.91. The van der Waals surface area contributed by atoms with Crippen LogP contribution in [0.1, 0.15) is 18.5 Å². The lowest BCUT2D eigenvalue weighted by molar-refractivity contribution is -0.0381. The summed E-state index contributed by atoms with van der Waals surface area (Å²) in [7, 11) is 0. The van der Waals surface area contributed by atoms with E-state index in [4.69, 9.17) is 0 Å². The van der Waals surface area contributed by atoms with Crippen molar-refractivity contribution in [2.45, 2.75) is 25.1 Å². The van der Waals surface area contributed by atoms with Crippen LogP contribution in [0, 0.1) is 11.6 Å². The molecule has 5 rings (SSSR count). The maximum atomic E-state index is 14.8. The van der Waals surface area contributed by atoms with Crippen molar-refractivity contribution >= 4 is 0 Å². The predicted molar refractivity (Wildman–Crippen MR) is 118 cm³/mol. The Kier molecular flexibility index (Phi) is 5.53. The minimum absolute atomic E-state index is 0.208. The molecule has 0 radical (unpaired) electrons. The average molecular weight is 479 g/mol. The Bertz CT molecular complexity index is 1490. The van der Waals surface area contributed by atoms with Gasteiger partial charge >= 0.3 is 5.69 Å². The Morgan fingerprint density at radius 3 is 2.49 bits per heavy atom. The highest BCUT2D eigenvalue weighted by Crippen LogP contribution is 2.35. The molecule has 2 atom stereocenters. The first-order valence-electron chi connectivity index (χ1n) is 10.5. The van der Waals surface area contributed by atoms with Crippen molar-refractivity contribution in [3.8, 4) is 11.4 Å². The fourth-order valence-corrected chi connectivity index (χ4v) is 3.92. The van der Waals surface area contributed by atoms with Crippen molar-refractivity contribution in [1.29, 1.82) is 0 Å². The predicted octanol–water partition coefficient (Wildman–Crippen LogP) is 1.63. The van der Waals surface area contributed by atoms with Gasteiger partial charge in [-0.2, -0.15) is 10.2 Å². The number of benzene rings is 2. The molecule has 178 valence electrons. The molecule has 2 aromatic carbocycles. The van der Waals surface area contributed by atoms with Crippen LogP contribution >= 0.6 is 0 Å². The van der Waals surface area contributed by atoms with Gasteiger partial charge in [-0.25, -0.2) is 37.2 Å². The van der Waals surface area contributed by atoms with Crippen LogP contribution in [-0.4, -0.2) is 49.2 Å². The molecule has 0 aliphatic heterocycles. The van der Waals surface area contributed by atoms with Crippen molar-refractivity contribution in [3.05, 3.63) is 102 Å². The molecule has 0 bridgehead atoms. The van der Waals surface area contributed by atoms with Crippen molar-refractivity contribution < 1.29 is 13.9 Å². The van der Waals surface area contributed by atoms with Crippen LogP contribution in [0.2, 0.25) is 0 Å². The minimum atomic E-state index is -2.02. The highest BCUT2D eigenvalue weighted by molar-refractivity contribution is 5.40. The molecular weight excluding hydrogens is 460 g/mol. The van der Waals surface area contributed by atoms with E-state index in [0.717, 1.165) is 22.5 Å². The van der Waals surface area contributed by atoms with Gasteiger partial charge in [0.05, 0.1) is 36.4 Å². The van der Waals surface area contributed by atoms with Gasteiger partial charge in [0.25, 0.3) is 0 Å². The number of aliphatic hydroxyl groups is 1. The molecule has 3 heterocycles. The Morgan fingerprint density at radius 1 is 1.06 bits per heavy atom. The maximum Gasteiger partial charge on any atom is 0.350 e. The summed E-state index contributed by atoms with van der Waals surface area (Å²) in [5.74, 6) is -1.76. The van der Waals surface area contributed by atoms with Crippen molar-refractivity contribution in [3.63, 3.8) is 0 Å². The molecule has 0 unspecified atom stereocenters. The fraction of sp³-hybridized carbons (Fsp3) is 0.182. The zero-order chi connectivity index (χ0) is 24.6. The Morgan fingerprint density at radius 2 is 1.83 bits per heavy atom. The molecule has 0 saturated heterocycles. The van der Waals surface area contributed by atoms with Crippen LogP contribution < -0.4 is 5.69 Å². The third-order valence-corrected chi connectivity index (χ3v) is 5.83. The Labute approximate surface area is 196 Å². The molecule has 35 heavy (non-hydrogen) atoms. The van der Waals surface area contributed by atoms with E-state index in [1.807, 2.05) is 0 Å². The van der Waals surface area contributed by atoms with E-state index in [2.05, 4.69) is 25.5 Å². The lowest BCUT2D eigenvalue weighted by Gasteiger charge is -2.34.